The Kier molecular flexibility index (Phi) is 4.53. The van der Waals surface area contributed by atoms with Crippen LogP contribution in [0.1, 0.15) is 17.5 Å². The molecule has 3 aliphatic heterocycles. The number of benzene rings is 1. The zero-order valence-corrected chi connectivity index (χ0v) is 15.8. The van der Waals surface area contributed by atoms with Crippen molar-refractivity contribution in [3.63, 3.8) is 0 Å². The van der Waals surface area contributed by atoms with Gasteiger partial charge in [0.2, 0.25) is 0 Å². The SMILES string of the molecule is O=C([C@H]1Cc2ccccc2O1)N1CC2(C1)OCC[C@H]2COCc1ccncc1. The first-order valence-electron chi connectivity index (χ1n) is 9.87. The minimum atomic E-state index is -0.405. The van der Waals surface area contributed by atoms with E-state index in [1.54, 1.807) is 12.4 Å². The molecule has 1 aromatic heterocycles. The Balaban J connectivity index is 1.14. The lowest BCUT2D eigenvalue weighted by Gasteiger charge is -2.50. The molecule has 2 atom stereocenters. The van der Waals surface area contributed by atoms with Crippen molar-refractivity contribution in [2.45, 2.75) is 31.2 Å². The molecule has 2 aromatic rings. The van der Waals surface area contributed by atoms with Gasteiger partial charge < -0.3 is 19.1 Å². The maximum Gasteiger partial charge on any atom is 0.264 e. The fourth-order valence-electron chi connectivity index (χ4n) is 4.45. The van der Waals surface area contributed by atoms with Crippen LogP contribution in [0.3, 0.4) is 0 Å². The largest absolute Gasteiger partial charge is 0.480 e. The number of likely N-dealkylation sites (tertiary alicyclic amines) is 1. The van der Waals surface area contributed by atoms with E-state index in [9.17, 15) is 4.79 Å². The van der Waals surface area contributed by atoms with Crippen molar-refractivity contribution in [1.29, 1.82) is 0 Å². The van der Waals surface area contributed by atoms with Crippen LogP contribution < -0.4 is 4.74 Å². The van der Waals surface area contributed by atoms with E-state index in [-0.39, 0.29) is 11.5 Å². The van der Waals surface area contributed by atoms with E-state index in [0.29, 0.717) is 38.6 Å². The quantitative estimate of drug-likeness (QED) is 0.796. The van der Waals surface area contributed by atoms with Gasteiger partial charge in [0.25, 0.3) is 5.91 Å². The highest BCUT2D eigenvalue weighted by molar-refractivity contribution is 5.83. The Morgan fingerprint density at radius 2 is 2.04 bits per heavy atom. The first kappa shape index (κ1) is 17.6. The zero-order valence-electron chi connectivity index (χ0n) is 15.8. The predicted molar refractivity (Wildman–Crippen MR) is 102 cm³/mol. The molecular weight excluding hydrogens is 356 g/mol. The van der Waals surface area contributed by atoms with Crippen molar-refractivity contribution in [3.8, 4) is 5.75 Å². The molecule has 0 aliphatic carbocycles. The van der Waals surface area contributed by atoms with E-state index in [0.717, 1.165) is 29.9 Å². The summed E-state index contributed by atoms with van der Waals surface area (Å²) >= 11 is 0. The first-order valence-corrected chi connectivity index (χ1v) is 9.87. The van der Waals surface area contributed by atoms with Crippen LogP contribution in [0.5, 0.6) is 5.75 Å². The van der Waals surface area contributed by atoms with Crippen molar-refractivity contribution >= 4 is 5.91 Å². The average molecular weight is 380 g/mol. The highest BCUT2D eigenvalue weighted by Gasteiger charge is 2.55. The van der Waals surface area contributed by atoms with E-state index >= 15 is 0 Å². The molecule has 2 fully saturated rings. The molecule has 0 N–H and O–H groups in total. The molecule has 6 nitrogen and oxygen atoms in total. The maximum atomic E-state index is 12.9. The molecule has 4 heterocycles. The maximum absolute atomic E-state index is 12.9. The molecule has 3 aliphatic rings. The number of fused-ring (bicyclic) bond motifs is 1. The van der Waals surface area contributed by atoms with Gasteiger partial charge in [-0.3, -0.25) is 9.78 Å². The third kappa shape index (κ3) is 3.16. The topological polar surface area (TPSA) is 60.9 Å². The van der Waals surface area contributed by atoms with Gasteiger partial charge in [0.05, 0.1) is 26.3 Å². The van der Waals surface area contributed by atoms with E-state index < -0.39 is 6.10 Å². The summed E-state index contributed by atoms with van der Waals surface area (Å²) in [6.07, 6.45) is 4.77. The van der Waals surface area contributed by atoms with Crippen LogP contribution in [0.15, 0.2) is 48.8 Å². The molecule has 0 bridgehead atoms. The molecule has 6 heteroatoms. The standard InChI is InChI=1S/C22H24N2O4/c25-21(20-11-17-3-1-2-4-19(17)28-20)24-14-22(15-24)18(7-10-27-22)13-26-12-16-5-8-23-9-6-16/h1-6,8-9,18,20H,7,10-15H2/t18-,20+/m0/s1. The molecule has 5 rings (SSSR count). The number of carbonyl (C=O) groups is 1. The third-order valence-electron chi connectivity index (χ3n) is 6.09. The summed E-state index contributed by atoms with van der Waals surface area (Å²) in [5, 5.41) is 0. The minimum Gasteiger partial charge on any atom is -0.480 e. The molecule has 0 saturated carbocycles. The normalized spacial score (nSPS) is 24.6. The molecular formula is C22H24N2O4. The number of hydrogen-bond acceptors (Lipinski definition) is 5. The van der Waals surface area contributed by atoms with Crippen LogP contribution in [-0.2, 0) is 27.3 Å². The van der Waals surface area contributed by atoms with Gasteiger partial charge in [-0.1, -0.05) is 18.2 Å². The summed E-state index contributed by atoms with van der Waals surface area (Å²) < 4.78 is 17.9. The van der Waals surface area contributed by atoms with Gasteiger partial charge in [0, 0.05) is 31.3 Å². The van der Waals surface area contributed by atoms with Crippen LogP contribution >= 0.6 is 0 Å². The number of aromatic nitrogens is 1. The molecule has 0 unspecified atom stereocenters. The Hall–Kier alpha value is -2.44. The highest BCUT2D eigenvalue weighted by Crippen LogP contribution is 2.41. The second kappa shape index (κ2) is 7.18. The summed E-state index contributed by atoms with van der Waals surface area (Å²) in [5.41, 5.74) is 1.97. The Morgan fingerprint density at radius 1 is 1.21 bits per heavy atom. The van der Waals surface area contributed by atoms with Crippen molar-refractivity contribution in [3.05, 3.63) is 59.9 Å². The third-order valence-corrected chi connectivity index (χ3v) is 6.09. The molecule has 0 radical (unpaired) electrons. The van der Waals surface area contributed by atoms with Crippen LogP contribution in [0, 0.1) is 5.92 Å². The smallest absolute Gasteiger partial charge is 0.264 e. The van der Waals surface area contributed by atoms with Crippen LogP contribution in [0.2, 0.25) is 0 Å². The summed E-state index contributed by atoms with van der Waals surface area (Å²) in [4.78, 5) is 18.7. The summed E-state index contributed by atoms with van der Waals surface area (Å²) in [6.45, 7) is 3.22. The van der Waals surface area contributed by atoms with Crippen LogP contribution in [0.4, 0.5) is 0 Å². The fraction of sp³-hybridized carbons (Fsp3) is 0.455. The van der Waals surface area contributed by atoms with Crippen molar-refractivity contribution < 1.29 is 19.0 Å². The van der Waals surface area contributed by atoms with E-state index in [1.807, 2.05) is 41.3 Å². The second-order valence-electron chi connectivity index (χ2n) is 7.88. The number of nitrogens with zero attached hydrogens (tertiary/aromatic N) is 2. The summed E-state index contributed by atoms with van der Waals surface area (Å²) in [5.74, 6) is 1.21. The molecule has 1 amide bonds. The Labute approximate surface area is 164 Å². The lowest BCUT2D eigenvalue weighted by molar-refractivity contribution is -0.174. The van der Waals surface area contributed by atoms with Gasteiger partial charge in [-0.25, -0.2) is 0 Å². The number of rotatable bonds is 5. The lowest BCUT2D eigenvalue weighted by Crippen LogP contribution is -2.68. The fourth-order valence-corrected chi connectivity index (χ4v) is 4.45. The second-order valence-corrected chi connectivity index (χ2v) is 7.88. The number of hydrogen-bond donors (Lipinski definition) is 0. The van der Waals surface area contributed by atoms with E-state index in [4.69, 9.17) is 14.2 Å². The van der Waals surface area contributed by atoms with Gasteiger partial charge in [-0.2, -0.15) is 0 Å². The first-order chi connectivity index (χ1) is 13.7. The van der Waals surface area contributed by atoms with Gasteiger partial charge in [-0.15, -0.1) is 0 Å². The molecule has 2 saturated heterocycles. The molecule has 28 heavy (non-hydrogen) atoms. The van der Waals surface area contributed by atoms with Crippen molar-refractivity contribution in [2.75, 3.05) is 26.3 Å². The number of pyridine rings is 1. The van der Waals surface area contributed by atoms with Gasteiger partial charge in [0.15, 0.2) is 6.10 Å². The Morgan fingerprint density at radius 3 is 2.86 bits per heavy atom. The number of ether oxygens (including phenoxy) is 3. The molecule has 1 aromatic carbocycles. The zero-order chi connectivity index (χ0) is 19.0. The van der Waals surface area contributed by atoms with Crippen LogP contribution in [-0.4, -0.2) is 53.8 Å². The van der Waals surface area contributed by atoms with E-state index in [2.05, 4.69) is 4.98 Å². The number of amides is 1. The summed E-state index contributed by atoms with van der Waals surface area (Å²) in [7, 11) is 0. The van der Waals surface area contributed by atoms with E-state index in [1.165, 1.54) is 0 Å². The molecule has 1 spiro atoms. The predicted octanol–water partition coefficient (Wildman–Crippen LogP) is 2.22. The average Bonchev–Trinajstić information content (AvgIpc) is 3.31. The van der Waals surface area contributed by atoms with Gasteiger partial charge in [-0.05, 0) is 35.7 Å². The monoisotopic (exact) mass is 380 g/mol. The number of para-hydroxylation sites is 1. The van der Waals surface area contributed by atoms with Crippen LogP contribution in [0.25, 0.3) is 0 Å². The Bertz CT molecular complexity index is 826. The van der Waals surface area contributed by atoms with Crippen molar-refractivity contribution in [2.24, 2.45) is 5.92 Å². The highest BCUT2D eigenvalue weighted by atomic mass is 16.5. The summed E-state index contributed by atoms with van der Waals surface area (Å²) in [6, 6.07) is 11.8. The number of carbonyl (C=O) groups excluding carboxylic acids is 1. The van der Waals surface area contributed by atoms with Gasteiger partial charge in [0.1, 0.15) is 11.4 Å². The van der Waals surface area contributed by atoms with Crippen molar-refractivity contribution in [1.82, 2.24) is 9.88 Å². The lowest BCUT2D eigenvalue weighted by atomic mass is 9.81. The molecule has 146 valence electrons. The van der Waals surface area contributed by atoms with Gasteiger partial charge >= 0.3 is 0 Å². The minimum absolute atomic E-state index is 0.0637.